The summed E-state index contributed by atoms with van der Waals surface area (Å²) in [6.07, 6.45) is -0.621. The van der Waals surface area contributed by atoms with Gasteiger partial charge < -0.3 is 10.5 Å². The van der Waals surface area contributed by atoms with E-state index in [0.29, 0.717) is 0 Å². The highest BCUT2D eigenvalue weighted by Crippen LogP contribution is 2.29. The highest BCUT2D eigenvalue weighted by molar-refractivity contribution is 5.50. The fourth-order valence-electron chi connectivity index (χ4n) is 1.62. The van der Waals surface area contributed by atoms with Crippen LogP contribution in [0, 0.1) is 0 Å². The van der Waals surface area contributed by atoms with Gasteiger partial charge in [-0.1, -0.05) is 26.8 Å². The van der Waals surface area contributed by atoms with Crippen LogP contribution in [-0.2, 0) is 5.41 Å². The molecule has 17 heavy (non-hydrogen) atoms. The molecule has 0 spiro atoms. The summed E-state index contributed by atoms with van der Waals surface area (Å²) in [5.41, 5.74) is 5.46. The molecule has 1 aromatic carbocycles. The van der Waals surface area contributed by atoms with Crippen LogP contribution in [0.1, 0.15) is 38.1 Å². The molecule has 1 rings (SSSR count). The van der Waals surface area contributed by atoms with E-state index in [0.717, 1.165) is 16.8 Å². The van der Waals surface area contributed by atoms with Crippen molar-refractivity contribution in [3.63, 3.8) is 0 Å². The Balaban J connectivity index is 3.23. The first-order chi connectivity index (χ1) is 7.75. The second-order valence-corrected chi connectivity index (χ2v) is 5.58. The normalized spacial score (nSPS) is 13.9. The van der Waals surface area contributed by atoms with Crippen molar-refractivity contribution in [1.29, 1.82) is 0 Å². The first-order valence-corrected chi connectivity index (χ1v) is 5.72. The predicted octanol–water partition coefficient (Wildman–Crippen LogP) is 1.82. The second kappa shape index (κ2) is 5.04. The SMILES string of the molecule is CN(C)C(O)c1cc(NN)cc(C(C)(C)C)c1. The number of nitrogens with two attached hydrogens (primary N) is 1. The Morgan fingerprint density at radius 1 is 1.24 bits per heavy atom. The first kappa shape index (κ1) is 14.0. The number of nitrogen functional groups attached to an aromatic ring is 1. The zero-order chi connectivity index (χ0) is 13.2. The highest BCUT2D eigenvalue weighted by atomic mass is 16.3. The lowest BCUT2D eigenvalue weighted by molar-refractivity contribution is 0.0395. The van der Waals surface area contributed by atoms with Crippen LogP contribution < -0.4 is 11.3 Å². The molecule has 0 saturated heterocycles. The smallest absolute Gasteiger partial charge is 0.133 e. The molecule has 0 aliphatic rings. The average Bonchev–Trinajstić information content (AvgIpc) is 2.26. The molecule has 0 aromatic heterocycles. The number of nitrogens with one attached hydrogen (secondary N) is 1. The van der Waals surface area contributed by atoms with Crippen LogP contribution in [0.5, 0.6) is 0 Å². The molecule has 0 saturated carbocycles. The molecule has 0 amide bonds. The molecule has 4 heteroatoms. The number of aliphatic hydroxyl groups is 1. The molecule has 1 unspecified atom stereocenters. The number of nitrogens with zero attached hydrogens (tertiary/aromatic N) is 1. The third kappa shape index (κ3) is 3.43. The Bertz CT molecular complexity index is 383. The Kier molecular flexibility index (Phi) is 4.14. The summed E-state index contributed by atoms with van der Waals surface area (Å²) in [4.78, 5) is 1.75. The third-order valence-electron chi connectivity index (χ3n) is 2.78. The second-order valence-electron chi connectivity index (χ2n) is 5.58. The molecule has 1 atom stereocenters. The van der Waals surface area contributed by atoms with Crippen molar-refractivity contribution in [1.82, 2.24) is 4.90 Å². The summed E-state index contributed by atoms with van der Waals surface area (Å²) in [5, 5.41) is 10.1. The van der Waals surface area contributed by atoms with E-state index >= 15 is 0 Å². The molecule has 0 radical (unpaired) electrons. The summed E-state index contributed by atoms with van der Waals surface area (Å²) in [6, 6.07) is 5.89. The molecule has 1 aromatic rings. The van der Waals surface area contributed by atoms with E-state index in [2.05, 4.69) is 26.2 Å². The van der Waals surface area contributed by atoms with E-state index in [1.165, 1.54) is 0 Å². The minimum absolute atomic E-state index is 0.0215. The maximum atomic E-state index is 10.1. The van der Waals surface area contributed by atoms with Gasteiger partial charge in [0.15, 0.2) is 0 Å². The van der Waals surface area contributed by atoms with Crippen LogP contribution in [0.2, 0.25) is 0 Å². The van der Waals surface area contributed by atoms with Crippen LogP contribution >= 0.6 is 0 Å². The lowest BCUT2D eigenvalue weighted by Gasteiger charge is -2.24. The summed E-state index contributed by atoms with van der Waals surface area (Å²) >= 11 is 0. The van der Waals surface area contributed by atoms with E-state index in [1.54, 1.807) is 4.90 Å². The maximum Gasteiger partial charge on any atom is 0.133 e. The Morgan fingerprint density at radius 2 is 1.82 bits per heavy atom. The van der Waals surface area contributed by atoms with Crippen molar-refractivity contribution in [2.45, 2.75) is 32.4 Å². The van der Waals surface area contributed by atoms with E-state index in [9.17, 15) is 5.11 Å². The summed E-state index contributed by atoms with van der Waals surface area (Å²) in [7, 11) is 3.67. The van der Waals surface area contributed by atoms with Crippen molar-refractivity contribution in [2.75, 3.05) is 19.5 Å². The molecule has 0 aliphatic carbocycles. The van der Waals surface area contributed by atoms with Gasteiger partial charge in [-0.05, 0) is 42.8 Å². The molecule has 0 aliphatic heterocycles. The molecular formula is C13H23N3O. The van der Waals surface area contributed by atoms with E-state index in [-0.39, 0.29) is 5.41 Å². The van der Waals surface area contributed by atoms with E-state index < -0.39 is 6.23 Å². The summed E-state index contributed by atoms with van der Waals surface area (Å²) < 4.78 is 0. The Morgan fingerprint density at radius 3 is 2.24 bits per heavy atom. The van der Waals surface area contributed by atoms with Gasteiger partial charge in [0.2, 0.25) is 0 Å². The number of hydrogen-bond acceptors (Lipinski definition) is 4. The van der Waals surface area contributed by atoms with Crippen LogP contribution in [0.25, 0.3) is 0 Å². The van der Waals surface area contributed by atoms with Crippen LogP contribution in [0.3, 0.4) is 0 Å². The van der Waals surface area contributed by atoms with Crippen LogP contribution in [0.4, 0.5) is 5.69 Å². The van der Waals surface area contributed by atoms with Gasteiger partial charge in [-0.15, -0.1) is 0 Å². The van der Waals surface area contributed by atoms with Crippen molar-refractivity contribution in [3.05, 3.63) is 29.3 Å². The molecule has 0 bridgehead atoms. The van der Waals surface area contributed by atoms with Crippen molar-refractivity contribution < 1.29 is 5.11 Å². The quantitative estimate of drug-likeness (QED) is 0.426. The fraction of sp³-hybridized carbons (Fsp3) is 0.538. The Labute approximate surface area is 103 Å². The van der Waals surface area contributed by atoms with Crippen molar-refractivity contribution in [3.8, 4) is 0 Å². The molecular weight excluding hydrogens is 214 g/mol. The number of aliphatic hydroxyl groups excluding tert-OH is 1. The molecule has 4 N–H and O–H groups in total. The molecule has 96 valence electrons. The fourth-order valence-corrected chi connectivity index (χ4v) is 1.62. The largest absolute Gasteiger partial charge is 0.374 e. The zero-order valence-corrected chi connectivity index (χ0v) is 11.3. The maximum absolute atomic E-state index is 10.1. The van der Waals surface area contributed by atoms with Gasteiger partial charge >= 0.3 is 0 Å². The minimum Gasteiger partial charge on any atom is -0.374 e. The number of anilines is 1. The van der Waals surface area contributed by atoms with Gasteiger partial charge in [-0.3, -0.25) is 10.7 Å². The van der Waals surface area contributed by atoms with Crippen LogP contribution in [0.15, 0.2) is 18.2 Å². The highest BCUT2D eigenvalue weighted by Gasteiger charge is 2.18. The van der Waals surface area contributed by atoms with Gasteiger partial charge in [0.1, 0.15) is 6.23 Å². The van der Waals surface area contributed by atoms with Gasteiger partial charge in [0, 0.05) is 5.69 Å². The predicted molar refractivity (Wildman–Crippen MR) is 71.6 cm³/mol. The standard InChI is InChI=1S/C13H23N3O/c1-13(2,3)10-6-9(12(17)16(4)5)7-11(8-10)15-14/h6-8,12,15,17H,14H2,1-5H3. The number of benzene rings is 1. The first-order valence-electron chi connectivity index (χ1n) is 5.72. The van der Waals surface area contributed by atoms with E-state index in [1.807, 2.05) is 32.3 Å². The number of hydrogen-bond donors (Lipinski definition) is 3. The summed E-state index contributed by atoms with van der Waals surface area (Å²) in [5.74, 6) is 5.46. The van der Waals surface area contributed by atoms with Gasteiger partial charge in [0.05, 0.1) is 0 Å². The van der Waals surface area contributed by atoms with Crippen LogP contribution in [-0.4, -0.2) is 24.1 Å². The molecule has 0 fully saturated rings. The number of rotatable bonds is 3. The Hall–Kier alpha value is -1.10. The van der Waals surface area contributed by atoms with Gasteiger partial charge in [-0.2, -0.15) is 0 Å². The summed E-state index contributed by atoms with van der Waals surface area (Å²) in [6.45, 7) is 6.40. The van der Waals surface area contributed by atoms with E-state index in [4.69, 9.17) is 5.84 Å². The minimum atomic E-state index is -0.621. The lowest BCUT2D eigenvalue weighted by Crippen LogP contribution is -2.21. The lowest BCUT2D eigenvalue weighted by atomic mass is 9.85. The monoisotopic (exact) mass is 237 g/mol. The van der Waals surface area contributed by atoms with Crippen molar-refractivity contribution in [2.24, 2.45) is 5.84 Å². The molecule has 0 heterocycles. The number of hydrazine groups is 1. The third-order valence-corrected chi connectivity index (χ3v) is 2.78. The molecule has 4 nitrogen and oxygen atoms in total. The van der Waals surface area contributed by atoms with Gasteiger partial charge in [-0.25, -0.2) is 0 Å². The van der Waals surface area contributed by atoms with Gasteiger partial charge in [0.25, 0.3) is 0 Å². The van der Waals surface area contributed by atoms with Crippen molar-refractivity contribution >= 4 is 5.69 Å². The topological polar surface area (TPSA) is 61.5 Å². The zero-order valence-electron chi connectivity index (χ0n) is 11.3. The average molecular weight is 237 g/mol.